The number of hydrogen-bond acceptors (Lipinski definition) is 5. The Hall–Kier alpha value is -3.85. The fraction of sp³-hybridized carbons (Fsp3) is 0.286. The first kappa shape index (κ1) is 26.2. The number of carbonyl (C=O) groups excluding carboxylic acids is 1. The molecule has 7 nitrogen and oxygen atoms in total. The van der Waals surface area contributed by atoms with Crippen LogP contribution in [0.2, 0.25) is 0 Å². The molecule has 192 valence electrons. The lowest BCUT2D eigenvalue weighted by Crippen LogP contribution is -2.26. The van der Waals surface area contributed by atoms with Gasteiger partial charge in [0.2, 0.25) is 11.8 Å². The molecule has 0 unspecified atom stereocenters. The van der Waals surface area contributed by atoms with Crippen molar-refractivity contribution in [2.45, 2.75) is 45.4 Å². The van der Waals surface area contributed by atoms with Gasteiger partial charge in [-0.15, -0.1) is 0 Å². The fourth-order valence-electron chi connectivity index (χ4n) is 4.33. The molecule has 0 radical (unpaired) electrons. The van der Waals surface area contributed by atoms with Crippen molar-refractivity contribution in [2.75, 3.05) is 6.54 Å². The maximum atomic E-state index is 14.5. The molecule has 2 heterocycles. The van der Waals surface area contributed by atoms with Crippen LogP contribution in [0.3, 0.4) is 0 Å². The molecule has 0 bridgehead atoms. The van der Waals surface area contributed by atoms with Crippen molar-refractivity contribution in [1.29, 1.82) is 0 Å². The summed E-state index contributed by atoms with van der Waals surface area (Å²) in [4.78, 5) is 32.2. The fourth-order valence-corrected chi connectivity index (χ4v) is 4.61. The maximum Gasteiger partial charge on any atom is 0.262 e. The molecule has 0 saturated heterocycles. The molecule has 1 amide bonds. The van der Waals surface area contributed by atoms with Crippen LogP contribution < -0.4 is 21.5 Å². The molecule has 1 aliphatic rings. The third-order valence-corrected chi connectivity index (χ3v) is 6.51. The van der Waals surface area contributed by atoms with Crippen molar-refractivity contribution in [1.82, 2.24) is 14.9 Å². The summed E-state index contributed by atoms with van der Waals surface area (Å²) in [5, 5.41) is 15.6. The van der Waals surface area contributed by atoms with Crippen LogP contribution >= 0.6 is 12.2 Å². The second-order valence-corrected chi connectivity index (χ2v) is 9.22. The van der Waals surface area contributed by atoms with Gasteiger partial charge in [0.25, 0.3) is 5.56 Å². The summed E-state index contributed by atoms with van der Waals surface area (Å²) < 4.78 is 15.4. The highest BCUT2D eigenvalue weighted by atomic mass is 32.1. The van der Waals surface area contributed by atoms with Crippen LogP contribution in [-0.2, 0) is 4.79 Å². The summed E-state index contributed by atoms with van der Waals surface area (Å²) in [5.74, 6) is -1.08. The molecule has 0 saturated carbocycles. The predicted molar refractivity (Wildman–Crippen MR) is 144 cm³/mol. The summed E-state index contributed by atoms with van der Waals surface area (Å²) in [6.45, 7) is 2.54. The van der Waals surface area contributed by atoms with E-state index in [2.05, 4.69) is 22.2 Å². The predicted octanol–water partition coefficient (Wildman–Crippen LogP) is 4.04. The van der Waals surface area contributed by atoms with Gasteiger partial charge in [-0.25, -0.2) is 9.38 Å². The monoisotopic (exact) mass is 520 g/mol. The van der Waals surface area contributed by atoms with Gasteiger partial charge in [-0.1, -0.05) is 56.5 Å². The number of aromatic hydroxyl groups is 1. The Morgan fingerprint density at radius 1 is 1.16 bits per heavy atom. The Morgan fingerprint density at radius 3 is 2.70 bits per heavy atom. The number of H-pyrrole nitrogens is 1. The van der Waals surface area contributed by atoms with Crippen LogP contribution in [0.15, 0.2) is 64.0 Å². The smallest absolute Gasteiger partial charge is 0.262 e. The number of unbranched alkanes of at least 4 members (excludes halogenated alkanes) is 3. The SMILES string of the molecule is CCCCCCC(=O)NCCC1=c2ccccc2=N/C1=C\c1c(O)n(-c2ccccc2F)c(=S)[nH]c1=O. The van der Waals surface area contributed by atoms with Crippen molar-refractivity contribution in [3.63, 3.8) is 0 Å². The average molecular weight is 521 g/mol. The molecule has 37 heavy (non-hydrogen) atoms. The van der Waals surface area contributed by atoms with Gasteiger partial charge in [-0.3, -0.25) is 19.1 Å². The van der Waals surface area contributed by atoms with Crippen LogP contribution in [0, 0.1) is 10.6 Å². The summed E-state index contributed by atoms with van der Waals surface area (Å²) in [7, 11) is 0. The number of benzene rings is 2. The summed E-state index contributed by atoms with van der Waals surface area (Å²) in [5.41, 5.74) is 0.615. The Labute approximate surface area is 218 Å². The number of hydrogen-bond donors (Lipinski definition) is 3. The highest BCUT2D eigenvalue weighted by Crippen LogP contribution is 2.26. The first-order valence-electron chi connectivity index (χ1n) is 12.4. The molecule has 3 aromatic rings. The zero-order valence-corrected chi connectivity index (χ0v) is 21.4. The lowest BCUT2D eigenvalue weighted by atomic mass is 10.1. The van der Waals surface area contributed by atoms with Crippen LogP contribution in [0.25, 0.3) is 17.3 Å². The maximum absolute atomic E-state index is 14.5. The Bertz CT molecular complexity index is 1590. The molecule has 1 aromatic heterocycles. The normalized spacial score (nSPS) is 13.5. The van der Waals surface area contributed by atoms with E-state index < -0.39 is 17.3 Å². The van der Waals surface area contributed by atoms with E-state index in [0.29, 0.717) is 25.1 Å². The first-order chi connectivity index (χ1) is 17.9. The number of rotatable bonds is 10. The van der Waals surface area contributed by atoms with E-state index in [4.69, 9.17) is 12.2 Å². The van der Waals surface area contributed by atoms with Gasteiger partial charge >= 0.3 is 0 Å². The lowest BCUT2D eigenvalue weighted by molar-refractivity contribution is -0.121. The molecular formula is C28H29FN4O3S. The molecule has 0 atom stereocenters. The number of allylic oxidation sites excluding steroid dienone is 1. The number of halogens is 1. The molecule has 1 aliphatic heterocycles. The van der Waals surface area contributed by atoms with Gasteiger partial charge in [0.1, 0.15) is 11.4 Å². The lowest BCUT2D eigenvalue weighted by Gasteiger charge is -2.13. The molecule has 2 aromatic carbocycles. The van der Waals surface area contributed by atoms with Crippen LogP contribution in [-0.4, -0.2) is 27.1 Å². The number of aromatic amines is 1. The number of amides is 1. The minimum Gasteiger partial charge on any atom is -0.494 e. The first-order valence-corrected chi connectivity index (χ1v) is 12.8. The Balaban J connectivity index is 1.66. The quantitative estimate of drug-likeness (QED) is 0.278. The second kappa shape index (κ2) is 11.9. The topological polar surface area (TPSA) is 99.5 Å². The van der Waals surface area contributed by atoms with Crippen molar-refractivity contribution in [3.8, 4) is 11.6 Å². The van der Waals surface area contributed by atoms with Crippen molar-refractivity contribution in [2.24, 2.45) is 4.99 Å². The molecule has 9 heteroatoms. The summed E-state index contributed by atoms with van der Waals surface area (Å²) >= 11 is 5.21. The van der Waals surface area contributed by atoms with Crippen LogP contribution in [0.1, 0.15) is 51.0 Å². The summed E-state index contributed by atoms with van der Waals surface area (Å²) in [6, 6.07) is 13.4. The van der Waals surface area contributed by atoms with E-state index in [1.165, 1.54) is 24.3 Å². The third kappa shape index (κ3) is 5.94. The van der Waals surface area contributed by atoms with Gasteiger partial charge in [0, 0.05) is 18.2 Å². The minimum absolute atomic E-state index is 0.00602. The standard InChI is InChI=1S/C28H29FN4O3S/c1-2-3-4-5-14-25(34)30-16-15-19-18-10-6-8-12-22(18)31-23(19)17-20-26(35)32-28(37)33(27(20)36)24-13-9-7-11-21(24)29/h6-13,17,36H,2-5,14-16H2,1H3,(H,30,34)(H,32,35,37)/b23-17-. The van der Waals surface area contributed by atoms with Crippen molar-refractivity contribution in [3.05, 3.63) is 91.3 Å². The van der Waals surface area contributed by atoms with E-state index in [-0.39, 0.29) is 21.9 Å². The minimum atomic E-state index is -0.617. The van der Waals surface area contributed by atoms with E-state index >= 15 is 0 Å². The van der Waals surface area contributed by atoms with Gasteiger partial charge < -0.3 is 10.4 Å². The van der Waals surface area contributed by atoms with Gasteiger partial charge in [-0.05, 0) is 54.9 Å². The van der Waals surface area contributed by atoms with E-state index in [0.717, 1.165) is 46.4 Å². The van der Waals surface area contributed by atoms with Crippen LogP contribution in [0.5, 0.6) is 5.88 Å². The molecule has 0 spiro atoms. The number of para-hydroxylation sites is 2. The number of nitrogens with zero attached hydrogens (tertiary/aromatic N) is 2. The number of fused-ring (bicyclic) bond motifs is 1. The number of nitrogens with one attached hydrogen (secondary N) is 2. The van der Waals surface area contributed by atoms with Crippen molar-refractivity contribution >= 4 is 29.8 Å². The zero-order chi connectivity index (χ0) is 26.4. The van der Waals surface area contributed by atoms with Crippen molar-refractivity contribution < 1.29 is 14.3 Å². The highest BCUT2D eigenvalue weighted by molar-refractivity contribution is 7.71. The molecule has 3 N–H and O–H groups in total. The van der Waals surface area contributed by atoms with Crippen LogP contribution in [0.4, 0.5) is 4.39 Å². The molecule has 0 aliphatic carbocycles. The summed E-state index contributed by atoms with van der Waals surface area (Å²) in [6.07, 6.45) is 6.59. The second-order valence-electron chi connectivity index (χ2n) is 8.83. The zero-order valence-electron chi connectivity index (χ0n) is 20.6. The Kier molecular flexibility index (Phi) is 8.45. The number of aromatic nitrogens is 2. The van der Waals surface area contributed by atoms with E-state index in [1.807, 2.05) is 24.3 Å². The average Bonchev–Trinajstić information content (AvgIpc) is 3.22. The van der Waals surface area contributed by atoms with E-state index in [9.17, 15) is 19.1 Å². The molecular weight excluding hydrogens is 491 g/mol. The third-order valence-electron chi connectivity index (χ3n) is 6.23. The van der Waals surface area contributed by atoms with Gasteiger partial charge in [0.05, 0.1) is 16.7 Å². The van der Waals surface area contributed by atoms with Gasteiger partial charge in [-0.2, -0.15) is 0 Å². The Morgan fingerprint density at radius 2 is 1.92 bits per heavy atom. The largest absolute Gasteiger partial charge is 0.494 e. The van der Waals surface area contributed by atoms with Gasteiger partial charge in [0.15, 0.2) is 4.77 Å². The highest BCUT2D eigenvalue weighted by Gasteiger charge is 2.19. The molecule has 0 fully saturated rings. The molecule has 4 rings (SSSR count). The number of carbonyl (C=O) groups is 1. The van der Waals surface area contributed by atoms with E-state index in [1.54, 1.807) is 6.07 Å².